The highest BCUT2D eigenvalue weighted by Gasteiger charge is 2.32. The molecule has 0 saturated heterocycles. The molecule has 0 aromatic rings. The Morgan fingerprint density at radius 2 is 1.81 bits per heavy atom. The molecule has 1 heterocycles. The first kappa shape index (κ1) is 37.0. The van der Waals surface area contributed by atoms with Crippen LogP contribution in [0, 0.1) is 23.2 Å². The molecule has 3 N–H and O–H groups in total. The van der Waals surface area contributed by atoms with Crippen LogP contribution in [0.1, 0.15) is 81.6 Å². The van der Waals surface area contributed by atoms with Crippen LogP contribution in [0.2, 0.25) is 0 Å². The lowest BCUT2D eigenvalue weighted by molar-refractivity contribution is -0.147. The molecule has 0 fully saturated rings. The molecular weight excluding hydrogens is 546 g/mol. The third kappa shape index (κ3) is 15.1. The number of carbonyl (C=O) groups excluding carboxylic acids is 4. The van der Waals surface area contributed by atoms with Gasteiger partial charge >= 0.3 is 12.1 Å². The predicted octanol–water partition coefficient (Wildman–Crippen LogP) is 5.41. The van der Waals surface area contributed by atoms with Crippen LogP contribution in [0.15, 0.2) is 59.9 Å². The summed E-state index contributed by atoms with van der Waals surface area (Å²) in [6.45, 7) is 16.7. The molecule has 0 aromatic carbocycles. The highest BCUT2D eigenvalue weighted by Crippen LogP contribution is 2.22. The highest BCUT2D eigenvalue weighted by atomic mass is 16.6. The fourth-order valence-electron chi connectivity index (χ4n) is 4.02. The molecule has 0 bridgehead atoms. The van der Waals surface area contributed by atoms with Gasteiger partial charge in [-0.25, -0.2) is 9.59 Å². The zero-order chi connectivity index (χ0) is 32.6. The molecule has 0 radical (unpaired) electrons. The number of allylic oxidation sites excluding steroid dienone is 4. The lowest BCUT2D eigenvalue weighted by atomic mass is 9.86. The van der Waals surface area contributed by atoms with E-state index in [-0.39, 0.29) is 29.9 Å². The first-order valence-electron chi connectivity index (χ1n) is 14.7. The van der Waals surface area contributed by atoms with Crippen molar-refractivity contribution < 1.29 is 28.7 Å². The fraction of sp³-hybridized carbons (Fsp3) is 0.529. The molecule has 4 atom stereocenters. The Morgan fingerprint density at radius 1 is 1.14 bits per heavy atom. The Morgan fingerprint density at radius 3 is 2.42 bits per heavy atom. The summed E-state index contributed by atoms with van der Waals surface area (Å²) in [6.07, 6.45) is 13.9. The van der Waals surface area contributed by atoms with E-state index in [1.807, 2.05) is 66.7 Å². The number of nitrogens with one attached hydrogen (secondary N) is 3. The van der Waals surface area contributed by atoms with E-state index in [4.69, 9.17) is 9.47 Å². The van der Waals surface area contributed by atoms with Crippen LogP contribution in [0.3, 0.4) is 0 Å². The average molecular weight is 596 g/mol. The Bertz CT molecular complexity index is 1190. The lowest BCUT2D eigenvalue weighted by Gasteiger charge is -2.29. The van der Waals surface area contributed by atoms with E-state index in [0.717, 1.165) is 5.57 Å². The van der Waals surface area contributed by atoms with E-state index in [1.165, 1.54) is 12.3 Å². The first-order valence-corrected chi connectivity index (χ1v) is 14.7. The Balaban J connectivity index is 2.70. The van der Waals surface area contributed by atoms with Crippen LogP contribution in [-0.2, 0) is 23.9 Å². The molecular formula is C34H49N3O6. The standard InChI is InChI=1S/C34H49N3O6/c1-10-11-16-27(42-33(41)36-23(2)3)17-14-21-35-31(39)30(34(7,8)9)37-29(38)18-13-12-15-24(4)22-26(6)28-20-19-25(5)32(40)43-28/h12-15,18-19,21-23,26-28,30H,16-17,20H2,1-9H3,(H,35,39)(H,36,41)(H,37,38)/b15-12-,18-13-,21-14-,24-22+/t26-,27-,28-,30+/m0/s1. The summed E-state index contributed by atoms with van der Waals surface area (Å²) in [5.74, 6) is 4.69. The van der Waals surface area contributed by atoms with Crippen molar-refractivity contribution in [1.29, 1.82) is 0 Å². The maximum absolute atomic E-state index is 13.0. The van der Waals surface area contributed by atoms with Crippen molar-refractivity contribution in [3.63, 3.8) is 0 Å². The van der Waals surface area contributed by atoms with Crippen molar-refractivity contribution in [1.82, 2.24) is 16.0 Å². The summed E-state index contributed by atoms with van der Waals surface area (Å²) in [5, 5.41) is 8.18. The Kier molecular flexibility index (Phi) is 15.9. The number of alkyl carbamates (subject to hydrolysis) is 1. The van der Waals surface area contributed by atoms with Gasteiger partial charge in [0, 0.05) is 42.9 Å². The Labute approximate surface area is 257 Å². The third-order valence-corrected chi connectivity index (χ3v) is 6.41. The van der Waals surface area contributed by atoms with Gasteiger partial charge in [-0.1, -0.05) is 75.6 Å². The van der Waals surface area contributed by atoms with Gasteiger partial charge in [0.25, 0.3) is 0 Å². The number of rotatable bonds is 13. The van der Waals surface area contributed by atoms with Gasteiger partial charge in [0.15, 0.2) is 0 Å². The topological polar surface area (TPSA) is 123 Å². The van der Waals surface area contributed by atoms with Crippen LogP contribution >= 0.6 is 0 Å². The molecule has 0 saturated carbocycles. The van der Waals surface area contributed by atoms with Crippen LogP contribution in [-0.4, -0.2) is 48.2 Å². The fourth-order valence-corrected chi connectivity index (χ4v) is 4.02. The van der Waals surface area contributed by atoms with Gasteiger partial charge in [0.1, 0.15) is 18.2 Å². The molecule has 9 nitrogen and oxygen atoms in total. The maximum atomic E-state index is 13.0. The maximum Gasteiger partial charge on any atom is 0.407 e. The minimum Gasteiger partial charge on any atom is -0.458 e. The monoisotopic (exact) mass is 595 g/mol. The van der Waals surface area contributed by atoms with Gasteiger partial charge in [0.05, 0.1) is 0 Å². The average Bonchev–Trinajstić information content (AvgIpc) is 2.90. The molecule has 43 heavy (non-hydrogen) atoms. The van der Waals surface area contributed by atoms with E-state index >= 15 is 0 Å². The second kappa shape index (κ2) is 18.5. The van der Waals surface area contributed by atoms with Crippen molar-refractivity contribution in [3.05, 3.63) is 59.9 Å². The summed E-state index contributed by atoms with van der Waals surface area (Å²) < 4.78 is 10.9. The number of amides is 3. The number of cyclic esters (lactones) is 1. The van der Waals surface area contributed by atoms with Crippen molar-refractivity contribution in [2.45, 2.75) is 106 Å². The van der Waals surface area contributed by atoms with E-state index in [9.17, 15) is 19.2 Å². The molecule has 0 aliphatic carbocycles. The lowest BCUT2D eigenvalue weighted by Crippen LogP contribution is -2.52. The van der Waals surface area contributed by atoms with Crippen LogP contribution in [0.25, 0.3) is 0 Å². The molecule has 0 spiro atoms. The van der Waals surface area contributed by atoms with Crippen molar-refractivity contribution in [2.24, 2.45) is 11.3 Å². The zero-order valence-corrected chi connectivity index (χ0v) is 27.1. The quantitative estimate of drug-likeness (QED) is 0.113. The van der Waals surface area contributed by atoms with E-state index in [1.54, 1.807) is 32.1 Å². The molecule has 0 aromatic heterocycles. The van der Waals surface area contributed by atoms with Gasteiger partial charge in [-0.05, 0) is 46.2 Å². The Hall–Kier alpha value is -4.06. The zero-order valence-electron chi connectivity index (χ0n) is 27.1. The molecule has 9 heteroatoms. The number of hydrogen-bond acceptors (Lipinski definition) is 6. The minimum absolute atomic E-state index is 0.0399. The molecule has 1 aliphatic heterocycles. The number of esters is 1. The van der Waals surface area contributed by atoms with Crippen molar-refractivity contribution >= 4 is 23.9 Å². The second-order valence-corrected chi connectivity index (χ2v) is 12.0. The van der Waals surface area contributed by atoms with Crippen LogP contribution in [0.4, 0.5) is 4.79 Å². The summed E-state index contributed by atoms with van der Waals surface area (Å²) in [4.78, 5) is 49.4. The molecule has 1 rings (SSSR count). The largest absolute Gasteiger partial charge is 0.458 e. The SMILES string of the molecule is CC#CC[C@@H](C/C=C\NC(=O)[C@@H](NC(=O)\C=C/C=C\C(C)=C\[C@H](C)[C@@H]1CC=C(C)C(=O)O1)C(C)(C)C)OC(=O)NC(C)C. The number of carbonyl (C=O) groups is 4. The summed E-state index contributed by atoms with van der Waals surface area (Å²) in [7, 11) is 0. The molecule has 0 unspecified atom stereocenters. The van der Waals surface area contributed by atoms with Crippen LogP contribution in [0.5, 0.6) is 0 Å². The summed E-state index contributed by atoms with van der Waals surface area (Å²) in [6, 6.07) is -0.852. The second-order valence-electron chi connectivity index (χ2n) is 12.0. The summed E-state index contributed by atoms with van der Waals surface area (Å²) in [5.41, 5.74) is 1.05. The van der Waals surface area contributed by atoms with Gasteiger partial charge in [0.2, 0.25) is 11.8 Å². The van der Waals surface area contributed by atoms with Crippen molar-refractivity contribution in [2.75, 3.05) is 0 Å². The third-order valence-electron chi connectivity index (χ3n) is 6.41. The predicted molar refractivity (Wildman–Crippen MR) is 169 cm³/mol. The van der Waals surface area contributed by atoms with E-state index < -0.39 is 29.6 Å². The van der Waals surface area contributed by atoms with Gasteiger partial charge < -0.3 is 25.4 Å². The minimum atomic E-state index is -0.800. The van der Waals surface area contributed by atoms with Crippen molar-refractivity contribution in [3.8, 4) is 11.8 Å². The molecule has 3 amide bonds. The van der Waals surface area contributed by atoms with E-state index in [2.05, 4.69) is 27.8 Å². The van der Waals surface area contributed by atoms with Gasteiger partial charge in [-0.3, -0.25) is 9.59 Å². The summed E-state index contributed by atoms with van der Waals surface area (Å²) >= 11 is 0. The number of hydrogen-bond donors (Lipinski definition) is 3. The van der Waals surface area contributed by atoms with Crippen LogP contribution < -0.4 is 16.0 Å². The molecule has 1 aliphatic rings. The van der Waals surface area contributed by atoms with Gasteiger partial charge in [-0.15, -0.1) is 5.92 Å². The normalized spacial score (nSPS) is 18.0. The number of ether oxygens (including phenoxy) is 2. The smallest absolute Gasteiger partial charge is 0.407 e. The highest BCUT2D eigenvalue weighted by molar-refractivity contribution is 5.93. The van der Waals surface area contributed by atoms with E-state index in [0.29, 0.717) is 24.8 Å². The van der Waals surface area contributed by atoms with Gasteiger partial charge in [-0.2, -0.15) is 0 Å². The molecule has 236 valence electrons. The first-order chi connectivity index (χ1) is 20.1.